The molecule has 0 fully saturated rings. The number of sulfonamides is 1. The molecule has 0 unspecified atom stereocenters. The summed E-state index contributed by atoms with van der Waals surface area (Å²) >= 11 is 11.8. The molecule has 5 nitrogen and oxygen atoms in total. The predicted molar refractivity (Wildman–Crippen MR) is 82.2 cm³/mol. The number of aliphatic hydroxyl groups is 1. The topological polar surface area (TPSA) is 79.3 Å². The van der Waals surface area contributed by atoms with Crippen molar-refractivity contribution in [2.45, 2.75) is 18.4 Å². The fourth-order valence-electron chi connectivity index (χ4n) is 1.69. The van der Waals surface area contributed by atoms with Crippen molar-refractivity contribution < 1.29 is 13.5 Å². The van der Waals surface area contributed by atoms with Crippen LogP contribution in [-0.4, -0.2) is 18.5 Å². The molecule has 2 N–H and O–H groups in total. The molecule has 1 aromatic heterocycles. The van der Waals surface area contributed by atoms with Gasteiger partial charge in [-0.15, -0.1) is 0 Å². The number of pyridine rings is 1. The molecule has 0 aliphatic heterocycles. The summed E-state index contributed by atoms with van der Waals surface area (Å²) in [6.07, 6.45) is 0. The summed E-state index contributed by atoms with van der Waals surface area (Å²) in [6, 6.07) is 7.48. The Kier molecular flexibility index (Phi) is 4.73. The molecule has 2 aromatic rings. The summed E-state index contributed by atoms with van der Waals surface area (Å²) in [5.74, 6) is 0.187. The lowest BCUT2D eigenvalue weighted by Crippen LogP contribution is -2.15. The minimum atomic E-state index is -3.92. The first-order chi connectivity index (χ1) is 9.83. The van der Waals surface area contributed by atoms with E-state index in [1.54, 1.807) is 19.1 Å². The summed E-state index contributed by atoms with van der Waals surface area (Å²) < 4.78 is 27.0. The highest BCUT2D eigenvalue weighted by atomic mass is 35.5. The Bertz CT molecular complexity index is 779. The van der Waals surface area contributed by atoms with E-state index in [0.29, 0.717) is 5.69 Å². The standard InChI is InChI=1S/C13H12Cl2N2O3S/c1-8-3-2-4-13(16-8)17-21(19,20)12-5-9(7-18)10(14)6-11(12)15/h2-6,18H,7H2,1H3,(H,16,17). The van der Waals surface area contributed by atoms with Crippen molar-refractivity contribution in [3.63, 3.8) is 0 Å². The Hall–Kier alpha value is -1.34. The molecule has 0 aliphatic rings. The predicted octanol–water partition coefficient (Wildman–Crippen LogP) is 2.99. The Morgan fingerprint density at radius 1 is 1.24 bits per heavy atom. The minimum absolute atomic E-state index is 0.0302. The zero-order valence-electron chi connectivity index (χ0n) is 11.0. The van der Waals surface area contributed by atoms with Gasteiger partial charge in [0.25, 0.3) is 10.0 Å². The maximum absolute atomic E-state index is 12.4. The lowest BCUT2D eigenvalue weighted by Gasteiger charge is -2.11. The van der Waals surface area contributed by atoms with Crippen molar-refractivity contribution in [2.75, 3.05) is 4.72 Å². The molecule has 0 aliphatic carbocycles. The first kappa shape index (κ1) is 16.0. The first-order valence-corrected chi connectivity index (χ1v) is 8.12. The fourth-order valence-corrected chi connectivity index (χ4v) is 3.55. The molecule has 1 heterocycles. The minimum Gasteiger partial charge on any atom is -0.392 e. The van der Waals surface area contributed by atoms with Gasteiger partial charge in [0.15, 0.2) is 0 Å². The Morgan fingerprint density at radius 2 is 1.95 bits per heavy atom. The van der Waals surface area contributed by atoms with Crippen molar-refractivity contribution >= 4 is 39.0 Å². The maximum atomic E-state index is 12.4. The highest BCUT2D eigenvalue weighted by Crippen LogP contribution is 2.29. The fraction of sp³-hybridized carbons (Fsp3) is 0.154. The van der Waals surface area contributed by atoms with Crippen LogP contribution in [0, 0.1) is 6.92 Å². The number of benzene rings is 1. The number of aliphatic hydroxyl groups excluding tert-OH is 1. The third kappa shape index (κ3) is 3.65. The summed E-state index contributed by atoms with van der Waals surface area (Å²) in [7, 11) is -3.92. The molecular weight excluding hydrogens is 335 g/mol. The van der Waals surface area contributed by atoms with Crippen molar-refractivity contribution in [3.05, 3.63) is 51.6 Å². The van der Waals surface area contributed by atoms with Crippen molar-refractivity contribution in [2.24, 2.45) is 0 Å². The van der Waals surface area contributed by atoms with Crippen LogP contribution >= 0.6 is 23.2 Å². The van der Waals surface area contributed by atoms with E-state index in [-0.39, 0.29) is 32.9 Å². The lowest BCUT2D eigenvalue weighted by atomic mass is 10.2. The van der Waals surface area contributed by atoms with E-state index in [1.807, 2.05) is 0 Å². The number of nitrogens with zero attached hydrogens (tertiary/aromatic N) is 1. The monoisotopic (exact) mass is 346 g/mol. The third-order valence-electron chi connectivity index (χ3n) is 2.69. The van der Waals surface area contributed by atoms with Crippen LogP contribution in [0.3, 0.4) is 0 Å². The Balaban J connectivity index is 2.44. The van der Waals surface area contributed by atoms with Crippen LogP contribution in [0.15, 0.2) is 35.2 Å². The van der Waals surface area contributed by atoms with Crippen LogP contribution < -0.4 is 4.72 Å². The number of rotatable bonds is 4. The molecule has 0 bridgehead atoms. The second-order valence-corrected chi connectivity index (χ2v) is 6.77. The summed E-state index contributed by atoms with van der Waals surface area (Å²) in [4.78, 5) is 3.90. The largest absolute Gasteiger partial charge is 0.392 e. The second kappa shape index (κ2) is 6.19. The number of halogens is 2. The number of aromatic nitrogens is 1. The summed E-state index contributed by atoms with van der Waals surface area (Å²) in [6.45, 7) is 1.36. The van der Waals surface area contributed by atoms with Crippen LogP contribution in [0.4, 0.5) is 5.82 Å². The molecule has 21 heavy (non-hydrogen) atoms. The maximum Gasteiger partial charge on any atom is 0.264 e. The average Bonchev–Trinajstić information content (AvgIpc) is 2.37. The van der Waals surface area contributed by atoms with Crippen LogP contribution in [0.5, 0.6) is 0 Å². The SMILES string of the molecule is Cc1cccc(NS(=O)(=O)c2cc(CO)c(Cl)cc2Cl)n1. The van der Waals surface area contributed by atoms with Gasteiger partial charge < -0.3 is 5.11 Å². The quantitative estimate of drug-likeness (QED) is 0.891. The molecule has 2 rings (SSSR count). The molecule has 0 spiro atoms. The highest BCUT2D eigenvalue weighted by molar-refractivity contribution is 7.92. The van der Waals surface area contributed by atoms with Gasteiger partial charge in [-0.2, -0.15) is 0 Å². The number of hydrogen-bond acceptors (Lipinski definition) is 4. The zero-order valence-corrected chi connectivity index (χ0v) is 13.3. The van der Waals surface area contributed by atoms with Gasteiger partial charge in [0.1, 0.15) is 10.7 Å². The van der Waals surface area contributed by atoms with E-state index >= 15 is 0 Å². The number of anilines is 1. The number of nitrogens with one attached hydrogen (secondary N) is 1. The number of hydrogen-bond donors (Lipinski definition) is 2. The third-order valence-corrected chi connectivity index (χ3v) is 4.86. The molecule has 0 saturated carbocycles. The van der Waals surface area contributed by atoms with E-state index in [1.165, 1.54) is 18.2 Å². The van der Waals surface area contributed by atoms with Crippen LogP contribution in [0.2, 0.25) is 10.0 Å². The average molecular weight is 347 g/mol. The van der Waals surface area contributed by atoms with E-state index < -0.39 is 10.0 Å². The molecule has 1 aromatic carbocycles. The molecular formula is C13H12Cl2N2O3S. The van der Waals surface area contributed by atoms with Gasteiger partial charge in [0, 0.05) is 10.7 Å². The van der Waals surface area contributed by atoms with Crippen LogP contribution in [-0.2, 0) is 16.6 Å². The first-order valence-electron chi connectivity index (χ1n) is 5.89. The van der Waals surface area contributed by atoms with E-state index in [4.69, 9.17) is 23.2 Å². The summed E-state index contributed by atoms with van der Waals surface area (Å²) in [5, 5.41) is 9.34. The van der Waals surface area contributed by atoms with E-state index in [0.717, 1.165) is 0 Å². The number of aryl methyl sites for hydroxylation is 1. The van der Waals surface area contributed by atoms with E-state index in [9.17, 15) is 13.5 Å². The van der Waals surface area contributed by atoms with Crippen molar-refractivity contribution in [3.8, 4) is 0 Å². The van der Waals surface area contributed by atoms with Crippen molar-refractivity contribution in [1.82, 2.24) is 4.98 Å². The highest BCUT2D eigenvalue weighted by Gasteiger charge is 2.20. The zero-order chi connectivity index (χ0) is 15.6. The van der Waals surface area contributed by atoms with Gasteiger partial charge in [-0.25, -0.2) is 13.4 Å². The van der Waals surface area contributed by atoms with Gasteiger partial charge in [0.2, 0.25) is 0 Å². The molecule has 112 valence electrons. The normalized spacial score (nSPS) is 11.4. The molecule has 8 heteroatoms. The van der Waals surface area contributed by atoms with Crippen molar-refractivity contribution in [1.29, 1.82) is 0 Å². The van der Waals surface area contributed by atoms with Gasteiger partial charge in [0.05, 0.1) is 11.6 Å². The van der Waals surface area contributed by atoms with Crippen LogP contribution in [0.25, 0.3) is 0 Å². The molecule has 0 radical (unpaired) electrons. The Morgan fingerprint density at radius 3 is 2.57 bits per heavy atom. The molecule has 0 saturated heterocycles. The van der Waals surface area contributed by atoms with Gasteiger partial charge in [-0.3, -0.25) is 4.72 Å². The Labute approximate surface area is 132 Å². The molecule has 0 amide bonds. The van der Waals surface area contributed by atoms with E-state index in [2.05, 4.69) is 9.71 Å². The second-order valence-electron chi connectivity index (χ2n) is 4.30. The van der Waals surface area contributed by atoms with Crippen LogP contribution in [0.1, 0.15) is 11.3 Å². The van der Waals surface area contributed by atoms with Gasteiger partial charge >= 0.3 is 0 Å². The van der Waals surface area contributed by atoms with Gasteiger partial charge in [-0.1, -0.05) is 29.3 Å². The lowest BCUT2D eigenvalue weighted by molar-refractivity contribution is 0.281. The molecule has 0 atom stereocenters. The van der Waals surface area contributed by atoms with Gasteiger partial charge in [-0.05, 0) is 36.8 Å². The smallest absolute Gasteiger partial charge is 0.264 e. The summed E-state index contributed by atoms with van der Waals surface area (Å²) in [5.41, 5.74) is 0.951.